The molecule has 1 heterocycles. The summed E-state index contributed by atoms with van der Waals surface area (Å²) in [7, 11) is 0. The van der Waals surface area contributed by atoms with Crippen LogP contribution < -0.4 is 10.2 Å². The van der Waals surface area contributed by atoms with Gasteiger partial charge < -0.3 is 10.2 Å². The maximum absolute atomic E-state index is 3.57. The van der Waals surface area contributed by atoms with Gasteiger partial charge in [0.15, 0.2) is 0 Å². The summed E-state index contributed by atoms with van der Waals surface area (Å²) in [5, 5.41) is 3.57. The molecule has 1 aliphatic rings. The lowest BCUT2D eigenvalue weighted by Crippen LogP contribution is -2.47. The van der Waals surface area contributed by atoms with Crippen molar-refractivity contribution in [1.29, 1.82) is 0 Å². The van der Waals surface area contributed by atoms with E-state index >= 15 is 0 Å². The Labute approximate surface area is 105 Å². The molecule has 2 heteroatoms. The molecule has 0 bridgehead atoms. The second-order valence-corrected chi connectivity index (χ2v) is 5.16. The van der Waals surface area contributed by atoms with Crippen LogP contribution in [0, 0.1) is 6.92 Å². The molecule has 1 aliphatic heterocycles. The molecule has 0 aromatic heterocycles. The van der Waals surface area contributed by atoms with E-state index in [4.69, 9.17) is 0 Å². The lowest BCUT2D eigenvalue weighted by Gasteiger charge is -2.39. The van der Waals surface area contributed by atoms with Crippen molar-refractivity contribution in [3.05, 3.63) is 29.8 Å². The number of nitrogens with one attached hydrogen (secondary N) is 1. The Morgan fingerprint density at radius 3 is 2.59 bits per heavy atom. The standard InChI is InChI=1S/C15H24N2/c1-4-16-14-9-10-17(13(3)11-14)15-7-5-12(2)6-8-15/h5-8,13-14,16H,4,9-11H2,1-3H3. The molecule has 2 rings (SSSR count). The first-order valence-corrected chi connectivity index (χ1v) is 6.77. The topological polar surface area (TPSA) is 15.3 Å². The van der Waals surface area contributed by atoms with Crippen molar-refractivity contribution in [1.82, 2.24) is 5.32 Å². The molecule has 2 unspecified atom stereocenters. The van der Waals surface area contributed by atoms with Gasteiger partial charge in [0.1, 0.15) is 0 Å². The second kappa shape index (κ2) is 5.54. The highest BCUT2D eigenvalue weighted by Crippen LogP contribution is 2.24. The smallest absolute Gasteiger partial charge is 0.0368 e. The average molecular weight is 232 g/mol. The molecule has 0 saturated carbocycles. The third-order valence-corrected chi connectivity index (χ3v) is 3.73. The number of benzene rings is 1. The molecule has 0 amide bonds. The van der Waals surface area contributed by atoms with E-state index in [0.717, 1.165) is 6.54 Å². The summed E-state index contributed by atoms with van der Waals surface area (Å²) in [5.41, 5.74) is 2.71. The third kappa shape index (κ3) is 3.01. The average Bonchev–Trinajstić information content (AvgIpc) is 2.31. The van der Waals surface area contributed by atoms with E-state index in [2.05, 4.69) is 55.3 Å². The quantitative estimate of drug-likeness (QED) is 0.862. The van der Waals surface area contributed by atoms with Gasteiger partial charge in [-0.2, -0.15) is 0 Å². The number of nitrogens with zero attached hydrogens (tertiary/aromatic N) is 1. The molecule has 1 aromatic carbocycles. The lowest BCUT2D eigenvalue weighted by molar-refractivity contribution is 0.374. The van der Waals surface area contributed by atoms with E-state index < -0.39 is 0 Å². The van der Waals surface area contributed by atoms with Crippen molar-refractivity contribution in [2.24, 2.45) is 0 Å². The minimum absolute atomic E-state index is 0.635. The second-order valence-electron chi connectivity index (χ2n) is 5.16. The van der Waals surface area contributed by atoms with Crippen LogP contribution in [0.2, 0.25) is 0 Å². The molecule has 17 heavy (non-hydrogen) atoms. The fraction of sp³-hybridized carbons (Fsp3) is 0.600. The van der Waals surface area contributed by atoms with E-state index in [-0.39, 0.29) is 0 Å². The summed E-state index contributed by atoms with van der Waals surface area (Å²) in [6.07, 6.45) is 2.51. The molecule has 1 saturated heterocycles. The fourth-order valence-electron chi connectivity index (χ4n) is 2.77. The molecular formula is C15H24N2. The largest absolute Gasteiger partial charge is 0.369 e. The Kier molecular flexibility index (Phi) is 4.06. The lowest BCUT2D eigenvalue weighted by atomic mass is 9.97. The van der Waals surface area contributed by atoms with Crippen LogP contribution in [0.15, 0.2) is 24.3 Å². The van der Waals surface area contributed by atoms with E-state index in [9.17, 15) is 0 Å². The fourth-order valence-corrected chi connectivity index (χ4v) is 2.77. The predicted octanol–water partition coefficient (Wildman–Crippen LogP) is 2.96. The van der Waals surface area contributed by atoms with Gasteiger partial charge >= 0.3 is 0 Å². The maximum Gasteiger partial charge on any atom is 0.0368 e. The highest BCUT2D eigenvalue weighted by Gasteiger charge is 2.24. The van der Waals surface area contributed by atoms with Gasteiger partial charge in [0.05, 0.1) is 0 Å². The zero-order chi connectivity index (χ0) is 12.3. The molecule has 1 aromatic rings. The van der Waals surface area contributed by atoms with Crippen molar-refractivity contribution >= 4 is 5.69 Å². The van der Waals surface area contributed by atoms with Crippen LogP contribution in [0.3, 0.4) is 0 Å². The van der Waals surface area contributed by atoms with Crippen LogP contribution in [0.1, 0.15) is 32.3 Å². The van der Waals surface area contributed by atoms with Gasteiger partial charge in [-0.3, -0.25) is 0 Å². The summed E-state index contributed by atoms with van der Waals surface area (Å²) < 4.78 is 0. The minimum atomic E-state index is 0.635. The highest BCUT2D eigenvalue weighted by atomic mass is 15.2. The van der Waals surface area contributed by atoms with E-state index in [1.807, 2.05) is 0 Å². The van der Waals surface area contributed by atoms with E-state index in [1.54, 1.807) is 0 Å². The minimum Gasteiger partial charge on any atom is -0.369 e. The number of piperidine rings is 1. The van der Waals surface area contributed by atoms with Crippen LogP contribution in [0.25, 0.3) is 0 Å². The van der Waals surface area contributed by atoms with E-state index in [1.165, 1.54) is 30.6 Å². The monoisotopic (exact) mass is 232 g/mol. The summed E-state index contributed by atoms with van der Waals surface area (Å²) in [4.78, 5) is 2.54. The number of anilines is 1. The first-order valence-electron chi connectivity index (χ1n) is 6.77. The number of hydrogen-bond donors (Lipinski definition) is 1. The van der Waals surface area contributed by atoms with Gasteiger partial charge in [0, 0.05) is 24.3 Å². The summed E-state index contributed by atoms with van der Waals surface area (Å²) in [5.74, 6) is 0. The molecular weight excluding hydrogens is 208 g/mol. The van der Waals surface area contributed by atoms with Gasteiger partial charge in [-0.1, -0.05) is 24.6 Å². The molecule has 0 aliphatic carbocycles. The van der Waals surface area contributed by atoms with E-state index in [0.29, 0.717) is 12.1 Å². The molecule has 0 radical (unpaired) electrons. The molecule has 0 spiro atoms. The van der Waals surface area contributed by atoms with Crippen molar-refractivity contribution in [3.8, 4) is 0 Å². The van der Waals surface area contributed by atoms with Crippen molar-refractivity contribution in [3.63, 3.8) is 0 Å². The Hall–Kier alpha value is -1.02. The van der Waals surface area contributed by atoms with Gasteiger partial charge in [0.2, 0.25) is 0 Å². The molecule has 2 nitrogen and oxygen atoms in total. The Balaban J connectivity index is 2.01. The molecule has 2 atom stereocenters. The zero-order valence-corrected chi connectivity index (χ0v) is 11.2. The van der Waals surface area contributed by atoms with Crippen molar-refractivity contribution in [2.45, 2.75) is 45.7 Å². The van der Waals surface area contributed by atoms with Crippen molar-refractivity contribution < 1.29 is 0 Å². The summed E-state index contributed by atoms with van der Waals surface area (Å²) in [6.45, 7) is 8.93. The Bertz CT molecular complexity index is 344. The first kappa shape index (κ1) is 12.4. The SMILES string of the molecule is CCNC1CCN(c2ccc(C)cc2)C(C)C1. The van der Waals surface area contributed by atoms with Gasteiger partial charge in [-0.15, -0.1) is 0 Å². The Morgan fingerprint density at radius 1 is 1.29 bits per heavy atom. The maximum atomic E-state index is 3.57. The third-order valence-electron chi connectivity index (χ3n) is 3.73. The van der Waals surface area contributed by atoms with Crippen LogP contribution >= 0.6 is 0 Å². The highest BCUT2D eigenvalue weighted by molar-refractivity contribution is 5.48. The summed E-state index contributed by atoms with van der Waals surface area (Å²) >= 11 is 0. The molecule has 1 N–H and O–H groups in total. The van der Waals surface area contributed by atoms with Crippen molar-refractivity contribution in [2.75, 3.05) is 18.0 Å². The van der Waals surface area contributed by atoms with Crippen LogP contribution in [-0.4, -0.2) is 25.2 Å². The van der Waals surface area contributed by atoms with Crippen LogP contribution in [0.5, 0.6) is 0 Å². The van der Waals surface area contributed by atoms with Gasteiger partial charge in [0.25, 0.3) is 0 Å². The van der Waals surface area contributed by atoms with Crippen LogP contribution in [-0.2, 0) is 0 Å². The summed E-state index contributed by atoms with van der Waals surface area (Å²) in [6, 6.07) is 10.3. The predicted molar refractivity (Wildman–Crippen MR) is 74.7 cm³/mol. The normalized spacial score (nSPS) is 25.0. The van der Waals surface area contributed by atoms with Gasteiger partial charge in [-0.25, -0.2) is 0 Å². The molecule has 1 fully saturated rings. The number of hydrogen-bond acceptors (Lipinski definition) is 2. The first-order chi connectivity index (χ1) is 8.20. The number of aryl methyl sites for hydroxylation is 1. The molecule has 94 valence electrons. The number of rotatable bonds is 3. The Morgan fingerprint density at radius 2 is 2.00 bits per heavy atom. The van der Waals surface area contributed by atoms with Crippen LogP contribution in [0.4, 0.5) is 5.69 Å². The zero-order valence-electron chi connectivity index (χ0n) is 11.2. The van der Waals surface area contributed by atoms with Gasteiger partial charge in [-0.05, 0) is 45.4 Å².